The van der Waals surface area contributed by atoms with E-state index in [1.807, 2.05) is 19.9 Å². The summed E-state index contributed by atoms with van der Waals surface area (Å²) in [5.74, 6) is 0.673. The molecule has 1 atom stereocenters. The standard InChI is InChI=1S/C17H21N3O3/c1-10(2)22-16-8-12-14(7-13(16)17(18)21)20-6-4-15(12)23-11-3-5-19-9-11/h4,6-8,10-11,19H,3,5,9H2,1-2H3,(H2,18,21)/t11-/m0/s1. The molecule has 1 aromatic heterocycles. The smallest absolute Gasteiger partial charge is 0.252 e. The Bertz CT molecular complexity index is 724. The van der Waals surface area contributed by atoms with E-state index >= 15 is 0 Å². The van der Waals surface area contributed by atoms with Crippen LogP contribution in [0.1, 0.15) is 30.6 Å². The maximum Gasteiger partial charge on any atom is 0.252 e. The van der Waals surface area contributed by atoms with Crippen molar-refractivity contribution in [3.8, 4) is 11.5 Å². The van der Waals surface area contributed by atoms with Gasteiger partial charge in [-0.2, -0.15) is 0 Å². The molecular formula is C17H21N3O3. The van der Waals surface area contributed by atoms with Gasteiger partial charge >= 0.3 is 0 Å². The second-order valence-electron chi connectivity index (χ2n) is 5.94. The highest BCUT2D eigenvalue weighted by atomic mass is 16.5. The number of amides is 1. The fourth-order valence-corrected chi connectivity index (χ4v) is 2.70. The van der Waals surface area contributed by atoms with E-state index in [2.05, 4.69) is 10.3 Å². The van der Waals surface area contributed by atoms with Gasteiger partial charge in [0.2, 0.25) is 0 Å². The molecular weight excluding hydrogens is 294 g/mol. The molecule has 23 heavy (non-hydrogen) atoms. The fraction of sp³-hybridized carbons (Fsp3) is 0.412. The maximum atomic E-state index is 11.7. The number of nitrogens with two attached hydrogens (primary N) is 1. The van der Waals surface area contributed by atoms with Crippen LogP contribution in [0.5, 0.6) is 11.5 Å². The van der Waals surface area contributed by atoms with E-state index in [4.69, 9.17) is 15.2 Å². The zero-order chi connectivity index (χ0) is 16.4. The largest absolute Gasteiger partial charge is 0.490 e. The summed E-state index contributed by atoms with van der Waals surface area (Å²) < 4.78 is 11.8. The van der Waals surface area contributed by atoms with Gasteiger partial charge in [-0.05, 0) is 45.0 Å². The van der Waals surface area contributed by atoms with Gasteiger partial charge in [-0.25, -0.2) is 0 Å². The van der Waals surface area contributed by atoms with E-state index in [0.29, 0.717) is 16.8 Å². The lowest BCUT2D eigenvalue weighted by Crippen LogP contribution is -2.20. The zero-order valence-corrected chi connectivity index (χ0v) is 13.3. The first-order valence-corrected chi connectivity index (χ1v) is 7.81. The van der Waals surface area contributed by atoms with Crippen molar-refractivity contribution >= 4 is 16.8 Å². The Balaban J connectivity index is 2.06. The van der Waals surface area contributed by atoms with Crippen LogP contribution < -0.4 is 20.5 Å². The lowest BCUT2D eigenvalue weighted by atomic mass is 10.1. The van der Waals surface area contributed by atoms with Crippen molar-refractivity contribution in [1.29, 1.82) is 0 Å². The minimum Gasteiger partial charge on any atom is -0.490 e. The Morgan fingerprint density at radius 3 is 2.87 bits per heavy atom. The molecule has 3 rings (SSSR count). The van der Waals surface area contributed by atoms with Gasteiger partial charge in [-0.3, -0.25) is 9.78 Å². The molecule has 2 heterocycles. The van der Waals surface area contributed by atoms with Crippen molar-refractivity contribution < 1.29 is 14.3 Å². The molecule has 1 fully saturated rings. The summed E-state index contributed by atoms with van der Waals surface area (Å²) in [6, 6.07) is 5.29. The first-order valence-electron chi connectivity index (χ1n) is 7.81. The van der Waals surface area contributed by atoms with Crippen LogP contribution in [0.25, 0.3) is 10.9 Å². The van der Waals surface area contributed by atoms with Crippen molar-refractivity contribution in [1.82, 2.24) is 10.3 Å². The van der Waals surface area contributed by atoms with Gasteiger partial charge in [0.15, 0.2) is 0 Å². The maximum absolute atomic E-state index is 11.7. The molecule has 0 spiro atoms. The second-order valence-corrected chi connectivity index (χ2v) is 5.94. The summed E-state index contributed by atoms with van der Waals surface area (Å²) in [4.78, 5) is 16.0. The summed E-state index contributed by atoms with van der Waals surface area (Å²) in [7, 11) is 0. The van der Waals surface area contributed by atoms with Crippen LogP contribution in [-0.4, -0.2) is 36.2 Å². The molecule has 1 aliphatic rings. The molecule has 1 amide bonds. The summed E-state index contributed by atoms with van der Waals surface area (Å²) in [5.41, 5.74) is 6.46. The number of fused-ring (bicyclic) bond motifs is 1. The third-order valence-corrected chi connectivity index (χ3v) is 3.74. The average molecular weight is 315 g/mol. The van der Waals surface area contributed by atoms with Crippen molar-refractivity contribution in [3.05, 3.63) is 30.0 Å². The van der Waals surface area contributed by atoms with Gasteiger partial charge in [0.25, 0.3) is 5.91 Å². The molecule has 0 saturated carbocycles. The first-order chi connectivity index (χ1) is 11.0. The number of benzene rings is 1. The molecule has 3 N–H and O–H groups in total. The van der Waals surface area contributed by atoms with E-state index in [9.17, 15) is 4.79 Å². The Labute approximate surface area is 135 Å². The number of hydrogen-bond acceptors (Lipinski definition) is 5. The predicted molar refractivity (Wildman–Crippen MR) is 87.9 cm³/mol. The normalized spacial score (nSPS) is 17.6. The number of aromatic nitrogens is 1. The number of pyridine rings is 1. The van der Waals surface area contributed by atoms with E-state index in [0.717, 1.165) is 30.6 Å². The van der Waals surface area contributed by atoms with Gasteiger partial charge in [0, 0.05) is 18.1 Å². The van der Waals surface area contributed by atoms with Crippen molar-refractivity contribution in [2.24, 2.45) is 5.73 Å². The molecule has 1 aromatic carbocycles. The predicted octanol–water partition coefficient (Wildman–Crippen LogP) is 1.86. The Morgan fingerprint density at radius 2 is 2.22 bits per heavy atom. The van der Waals surface area contributed by atoms with Crippen LogP contribution in [0, 0.1) is 0 Å². The number of ether oxygens (including phenoxy) is 2. The van der Waals surface area contributed by atoms with Gasteiger partial charge in [0.05, 0.1) is 17.2 Å². The number of nitrogens with zero attached hydrogens (tertiary/aromatic N) is 1. The number of nitrogens with one attached hydrogen (secondary N) is 1. The van der Waals surface area contributed by atoms with Crippen LogP contribution in [0.3, 0.4) is 0 Å². The number of rotatable bonds is 5. The topological polar surface area (TPSA) is 86.5 Å². The van der Waals surface area contributed by atoms with Crippen LogP contribution >= 0.6 is 0 Å². The molecule has 6 heteroatoms. The van der Waals surface area contributed by atoms with Gasteiger partial charge in [-0.1, -0.05) is 0 Å². The van der Waals surface area contributed by atoms with Crippen LogP contribution in [0.4, 0.5) is 0 Å². The molecule has 0 bridgehead atoms. The highest BCUT2D eigenvalue weighted by Crippen LogP contribution is 2.32. The summed E-state index contributed by atoms with van der Waals surface area (Å²) in [6.45, 7) is 5.60. The summed E-state index contributed by atoms with van der Waals surface area (Å²) in [6.07, 6.45) is 2.73. The second kappa shape index (κ2) is 6.42. The minimum absolute atomic E-state index is 0.0642. The molecule has 0 unspecified atom stereocenters. The third kappa shape index (κ3) is 3.37. The third-order valence-electron chi connectivity index (χ3n) is 3.74. The molecule has 0 radical (unpaired) electrons. The van der Waals surface area contributed by atoms with E-state index < -0.39 is 5.91 Å². The molecule has 2 aromatic rings. The molecule has 6 nitrogen and oxygen atoms in total. The monoisotopic (exact) mass is 315 g/mol. The fourth-order valence-electron chi connectivity index (χ4n) is 2.70. The Kier molecular flexibility index (Phi) is 4.34. The number of primary amides is 1. The van der Waals surface area contributed by atoms with E-state index in [1.165, 1.54) is 0 Å². The van der Waals surface area contributed by atoms with Crippen molar-refractivity contribution in [2.45, 2.75) is 32.5 Å². The Morgan fingerprint density at radius 1 is 1.39 bits per heavy atom. The molecule has 0 aliphatic carbocycles. The lowest BCUT2D eigenvalue weighted by molar-refractivity contribution is 0.0994. The van der Waals surface area contributed by atoms with E-state index in [-0.39, 0.29) is 12.2 Å². The number of hydrogen-bond donors (Lipinski definition) is 2. The SMILES string of the molecule is CC(C)Oc1cc2c(O[C@H]3CCNC3)ccnc2cc1C(N)=O. The average Bonchev–Trinajstić information content (AvgIpc) is 2.99. The summed E-state index contributed by atoms with van der Waals surface area (Å²) >= 11 is 0. The molecule has 1 aliphatic heterocycles. The van der Waals surface area contributed by atoms with Crippen molar-refractivity contribution in [3.63, 3.8) is 0 Å². The van der Waals surface area contributed by atoms with Crippen LogP contribution in [0.2, 0.25) is 0 Å². The highest BCUT2D eigenvalue weighted by Gasteiger charge is 2.19. The first kappa shape index (κ1) is 15.6. The zero-order valence-electron chi connectivity index (χ0n) is 13.3. The lowest BCUT2D eigenvalue weighted by Gasteiger charge is -2.17. The van der Waals surface area contributed by atoms with Gasteiger partial charge in [0.1, 0.15) is 17.6 Å². The Hall–Kier alpha value is -2.34. The quantitative estimate of drug-likeness (QED) is 0.879. The van der Waals surface area contributed by atoms with Gasteiger partial charge < -0.3 is 20.5 Å². The van der Waals surface area contributed by atoms with Crippen molar-refractivity contribution in [2.75, 3.05) is 13.1 Å². The van der Waals surface area contributed by atoms with Gasteiger partial charge in [-0.15, -0.1) is 0 Å². The molecule has 1 saturated heterocycles. The molecule has 122 valence electrons. The highest BCUT2D eigenvalue weighted by molar-refractivity contribution is 6.01. The van der Waals surface area contributed by atoms with E-state index in [1.54, 1.807) is 18.3 Å². The number of carbonyl (C=O) groups is 1. The minimum atomic E-state index is -0.532. The van der Waals surface area contributed by atoms with Crippen LogP contribution in [0.15, 0.2) is 24.4 Å². The van der Waals surface area contributed by atoms with Crippen LogP contribution in [-0.2, 0) is 0 Å². The summed E-state index contributed by atoms with van der Waals surface area (Å²) in [5, 5.41) is 4.10. The number of carbonyl (C=O) groups excluding carboxylic acids is 1.